The summed E-state index contributed by atoms with van der Waals surface area (Å²) >= 11 is 3.45. The summed E-state index contributed by atoms with van der Waals surface area (Å²) in [6.07, 6.45) is 3.38. The van der Waals surface area contributed by atoms with Crippen molar-refractivity contribution in [2.24, 2.45) is 11.3 Å². The fourth-order valence-electron chi connectivity index (χ4n) is 3.80. The number of carbonyl (C=O) groups excluding carboxylic acids is 2. The molecular weight excluding hydrogens is 408 g/mol. The third-order valence-electron chi connectivity index (χ3n) is 5.06. The molecule has 2 heterocycles. The van der Waals surface area contributed by atoms with Gasteiger partial charge in [0.1, 0.15) is 5.69 Å². The van der Waals surface area contributed by atoms with E-state index in [1.54, 1.807) is 0 Å². The van der Waals surface area contributed by atoms with Crippen LogP contribution in [0.15, 0.2) is 16.7 Å². The van der Waals surface area contributed by atoms with Gasteiger partial charge < -0.3 is 19.7 Å². The molecule has 0 bridgehead atoms. The van der Waals surface area contributed by atoms with Gasteiger partial charge in [0.2, 0.25) is 5.91 Å². The van der Waals surface area contributed by atoms with Crippen LogP contribution >= 0.6 is 15.9 Å². The molecule has 0 aromatic carbocycles. The lowest BCUT2D eigenvalue weighted by atomic mass is 9.91. The lowest BCUT2D eigenvalue weighted by Gasteiger charge is -2.33. The van der Waals surface area contributed by atoms with Gasteiger partial charge in [-0.25, -0.2) is 0 Å². The SMILES string of the molecule is CCn1cc(Br)cc1C(=O)N1CCC(C(=O)NCC(C)(C)CN(C)C)CC1. The quantitative estimate of drug-likeness (QED) is 0.708. The predicted octanol–water partition coefficient (Wildman–Crippen LogP) is 2.83. The minimum Gasteiger partial charge on any atom is -0.355 e. The predicted molar refractivity (Wildman–Crippen MR) is 112 cm³/mol. The van der Waals surface area contributed by atoms with E-state index < -0.39 is 0 Å². The molecule has 2 amide bonds. The summed E-state index contributed by atoms with van der Waals surface area (Å²) < 4.78 is 2.88. The van der Waals surface area contributed by atoms with Crippen molar-refractivity contribution >= 4 is 27.7 Å². The average Bonchev–Trinajstić information content (AvgIpc) is 2.99. The molecule has 2 rings (SSSR count). The third-order valence-corrected chi connectivity index (χ3v) is 5.50. The number of piperidine rings is 1. The molecule has 1 aromatic heterocycles. The van der Waals surface area contributed by atoms with Crippen LogP contribution in [0.2, 0.25) is 0 Å². The molecule has 152 valence electrons. The molecule has 0 radical (unpaired) electrons. The molecule has 6 nitrogen and oxygen atoms in total. The summed E-state index contributed by atoms with van der Waals surface area (Å²) in [5.74, 6) is 0.163. The van der Waals surface area contributed by atoms with Crippen LogP contribution in [0, 0.1) is 11.3 Å². The van der Waals surface area contributed by atoms with Crippen LogP contribution in [-0.2, 0) is 11.3 Å². The lowest BCUT2D eigenvalue weighted by Crippen LogP contribution is -2.46. The molecule has 0 spiro atoms. The van der Waals surface area contributed by atoms with Gasteiger partial charge in [0.05, 0.1) is 0 Å². The summed E-state index contributed by atoms with van der Waals surface area (Å²) in [5, 5.41) is 3.12. The van der Waals surface area contributed by atoms with Gasteiger partial charge in [0.15, 0.2) is 0 Å². The van der Waals surface area contributed by atoms with Gasteiger partial charge in [-0.3, -0.25) is 9.59 Å². The maximum atomic E-state index is 12.8. The number of amides is 2. The number of aromatic nitrogens is 1. The smallest absolute Gasteiger partial charge is 0.270 e. The average molecular weight is 441 g/mol. The van der Waals surface area contributed by atoms with E-state index in [1.807, 2.05) is 42.7 Å². The number of carbonyl (C=O) groups is 2. The number of rotatable bonds is 7. The number of likely N-dealkylation sites (tertiary alicyclic amines) is 1. The highest BCUT2D eigenvalue weighted by Crippen LogP contribution is 2.22. The number of aryl methyl sites for hydroxylation is 1. The van der Waals surface area contributed by atoms with Crippen LogP contribution in [0.1, 0.15) is 44.1 Å². The van der Waals surface area contributed by atoms with E-state index in [4.69, 9.17) is 0 Å². The van der Waals surface area contributed by atoms with Gasteiger partial charge >= 0.3 is 0 Å². The van der Waals surface area contributed by atoms with Gasteiger partial charge in [-0.1, -0.05) is 13.8 Å². The van der Waals surface area contributed by atoms with Crippen molar-refractivity contribution in [1.29, 1.82) is 0 Å². The first-order valence-corrected chi connectivity index (χ1v) is 10.5. The second kappa shape index (κ2) is 9.24. The Morgan fingerprint density at radius 3 is 2.48 bits per heavy atom. The Kier molecular flexibility index (Phi) is 7.51. The zero-order valence-electron chi connectivity index (χ0n) is 17.2. The summed E-state index contributed by atoms with van der Waals surface area (Å²) in [7, 11) is 4.09. The van der Waals surface area contributed by atoms with Crippen molar-refractivity contribution in [3.8, 4) is 0 Å². The largest absolute Gasteiger partial charge is 0.355 e. The molecule has 1 fully saturated rings. The Morgan fingerprint density at radius 2 is 1.93 bits per heavy atom. The lowest BCUT2D eigenvalue weighted by molar-refractivity contribution is -0.126. The van der Waals surface area contributed by atoms with Gasteiger partial charge in [0.25, 0.3) is 5.91 Å². The molecule has 1 N–H and O–H groups in total. The van der Waals surface area contributed by atoms with Crippen LogP contribution in [0.25, 0.3) is 0 Å². The van der Waals surface area contributed by atoms with Crippen molar-refractivity contribution in [3.63, 3.8) is 0 Å². The normalized spacial score (nSPS) is 16.0. The standard InChI is InChI=1S/C20H33BrN4O2/c1-6-24-12-16(21)11-17(24)19(27)25-9-7-15(8-10-25)18(26)22-13-20(2,3)14-23(4)5/h11-12,15H,6-10,13-14H2,1-5H3,(H,22,26). The molecule has 0 saturated carbocycles. The minimum absolute atomic E-state index is 0.00565. The first-order chi connectivity index (χ1) is 12.6. The first-order valence-electron chi connectivity index (χ1n) is 9.70. The Hall–Kier alpha value is -1.34. The van der Waals surface area contributed by atoms with Gasteiger partial charge in [-0.2, -0.15) is 0 Å². The highest BCUT2D eigenvalue weighted by atomic mass is 79.9. The number of nitrogens with zero attached hydrogens (tertiary/aromatic N) is 3. The van der Waals surface area contributed by atoms with E-state index in [2.05, 4.69) is 40.0 Å². The number of hydrogen-bond acceptors (Lipinski definition) is 3. The number of hydrogen-bond donors (Lipinski definition) is 1. The van der Waals surface area contributed by atoms with Gasteiger partial charge in [0, 0.05) is 49.3 Å². The van der Waals surface area contributed by atoms with Crippen molar-refractivity contribution < 1.29 is 9.59 Å². The number of halogens is 1. The Bertz CT molecular complexity index is 661. The molecule has 1 aromatic rings. The van der Waals surface area contributed by atoms with E-state index in [1.165, 1.54) is 0 Å². The zero-order valence-corrected chi connectivity index (χ0v) is 18.8. The highest BCUT2D eigenvalue weighted by Gasteiger charge is 2.30. The molecular formula is C20H33BrN4O2. The number of nitrogens with one attached hydrogen (secondary N) is 1. The maximum absolute atomic E-state index is 12.8. The molecule has 1 saturated heterocycles. The minimum atomic E-state index is -0.00565. The zero-order chi connectivity index (χ0) is 20.2. The Balaban J connectivity index is 1.85. The van der Waals surface area contributed by atoms with Gasteiger partial charge in [-0.15, -0.1) is 0 Å². The van der Waals surface area contributed by atoms with Crippen LogP contribution in [0.4, 0.5) is 0 Å². The van der Waals surface area contributed by atoms with E-state index in [9.17, 15) is 9.59 Å². The van der Waals surface area contributed by atoms with Crippen LogP contribution < -0.4 is 5.32 Å². The Labute approximate surface area is 171 Å². The van der Waals surface area contributed by atoms with Crippen molar-refractivity contribution in [2.45, 2.75) is 40.2 Å². The van der Waals surface area contributed by atoms with E-state index in [-0.39, 0.29) is 23.1 Å². The molecule has 1 aliphatic rings. The molecule has 1 aliphatic heterocycles. The molecule has 27 heavy (non-hydrogen) atoms. The van der Waals surface area contributed by atoms with Crippen LogP contribution in [0.5, 0.6) is 0 Å². The summed E-state index contributed by atoms with van der Waals surface area (Å²) in [4.78, 5) is 29.4. The van der Waals surface area contributed by atoms with Crippen molar-refractivity contribution in [2.75, 3.05) is 40.3 Å². The third kappa shape index (κ3) is 6.07. The molecule has 7 heteroatoms. The fourth-order valence-corrected chi connectivity index (χ4v) is 4.27. The van der Waals surface area contributed by atoms with E-state index in [0.29, 0.717) is 25.3 Å². The maximum Gasteiger partial charge on any atom is 0.270 e. The fraction of sp³-hybridized carbons (Fsp3) is 0.700. The van der Waals surface area contributed by atoms with E-state index in [0.717, 1.165) is 30.4 Å². The highest BCUT2D eigenvalue weighted by molar-refractivity contribution is 9.10. The van der Waals surface area contributed by atoms with Gasteiger partial charge in [-0.05, 0) is 61.3 Å². The first kappa shape index (κ1) is 22.0. The van der Waals surface area contributed by atoms with Crippen LogP contribution in [0.3, 0.4) is 0 Å². The monoisotopic (exact) mass is 440 g/mol. The second-order valence-corrected chi connectivity index (χ2v) is 9.43. The van der Waals surface area contributed by atoms with Crippen molar-refractivity contribution in [3.05, 3.63) is 22.4 Å². The molecule has 0 atom stereocenters. The topological polar surface area (TPSA) is 57.6 Å². The van der Waals surface area contributed by atoms with Crippen molar-refractivity contribution in [1.82, 2.24) is 19.7 Å². The summed E-state index contributed by atoms with van der Waals surface area (Å²) in [5.41, 5.74) is 0.743. The molecule has 0 aliphatic carbocycles. The second-order valence-electron chi connectivity index (χ2n) is 8.52. The van der Waals surface area contributed by atoms with Crippen LogP contribution in [-0.4, -0.2) is 66.5 Å². The molecule has 0 unspecified atom stereocenters. The summed E-state index contributed by atoms with van der Waals surface area (Å²) in [6, 6.07) is 1.87. The Morgan fingerprint density at radius 1 is 1.30 bits per heavy atom. The summed E-state index contributed by atoms with van der Waals surface area (Å²) in [6.45, 7) is 9.96. The van der Waals surface area contributed by atoms with E-state index >= 15 is 0 Å².